The maximum absolute atomic E-state index is 12.9. The van der Waals surface area contributed by atoms with E-state index in [1.54, 1.807) is 6.07 Å². The zero-order valence-electron chi connectivity index (χ0n) is 16.6. The number of nitrogens with two attached hydrogens (primary N) is 1. The van der Waals surface area contributed by atoms with Crippen molar-refractivity contribution in [2.24, 2.45) is 5.92 Å². The van der Waals surface area contributed by atoms with E-state index in [1.165, 1.54) is 36.3 Å². The van der Waals surface area contributed by atoms with Gasteiger partial charge in [-0.05, 0) is 30.2 Å². The number of nitrogen functional groups attached to an aromatic ring is 1. The fourth-order valence-electron chi connectivity index (χ4n) is 2.98. The van der Waals surface area contributed by atoms with Gasteiger partial charge in [-0.3, -0.25) is 24.6 Å². The standard InChI is InChI=1S/C19H21N5O6/c1-10(2)17-19(26)23(18-14(30-17)6-7-15(20)22-18)9-16(25)21-12-5-4-11(29-3)8-13(12)24(27)28/h4-8,10,17H,9H2,1-3H3,(H2,20,22)(H,21,25). The SMILES string of the molecule is COc1ccc(NC(=O)CN2C(=O)C(C(C)C)Oc3ccc(N)nc32)c([N+](=O)[O-])c1. The van der Waals surface area contributed by atoms with E-state index >= 15 is 0 Å². The molecule has 0 saturated carbocycles. The van der Waals surface area contributed by atoms with Gasteiger partial charge >= 0.3 is 0 Å². The first kappa shape index (κ1) is 20.8. The second-order valence-electron chi connectivity index (χ2n) is 6.95. The third-order valence-electron chi connectivity index (χ3n) is 4.46. The number of nitrogens with zero attached hydrogens (tertiary/aromatic N) is 3. The van der Waals surface area contributed by atoms with E-state index in [9.17, 15) is 19.7 Å². The number of methoxy groups -OCH3 is 1. The predicted octanol–water partition coefficient (Wildman–Crippen LogP) is 1.97. The van der Waals surface area contributed by atoms with E-state index in [1.807, 2.05) is 13.8 Å². The lowest BCUT2D eigenvalue weighted by molar-refractivity contribution is -0.384. The summed E-state index contributed by atoms with van der Waals surface area (Å²) in [6, 6.07) is 7.15. The van der Waals surface area contributed by atoms with Crippen LogP contribution in [-0.4, -0.2) is 41.5 Å². The van der Waals surface area contributed by atoms with Crippen LogP contribution >= 0.6 is 0 Å². The number of benzene rings is 1. The highest BCUT2D eigenvalue weighted by Gasteiger charge is 2.38. The number of anilines is 3. The Morgan fingerprint density at radius 3 is 2.77 bits per heavy atom. The fourth-order valence-corrected chi connectivity index (χ4v) is 2.98. The maximum atomic E-state index is 12.9. The van der Waals surface area contributed by atoms with Crippen LogP contribution < -0.4 is 25.4 Å². The zero-order chi connectivity index (χ0) is 22.0. The molecule has 1 aromatic carbocycles. The first-order chi connectivity index (χ1) is 14.2. The van der Waals surface area contributed by atoms with Crippen LogP contribution in [0.15, 0.2) is 30.3 Å². The molecule has 1 atom stereocenters. The molecule has 30 heavy (non-hydrogen) atoms. The van der Waals surface area contributed by atoms with Crippen LogP contribution in [0.25, 0.3) is 0 Å². The van der Waals surface area contributed by atoms with Gasteiger partial charge in [-0.1, -0.05) is 13.8 Å². The average Bonchev–Trinajstić information content (AvgIpc) is 2.70. The molecule has 1 aliphatic rings. The Labute approximate surface area is 171 Å². The number of hydrogen-bond acceptors (Lipinski definition) is 8. The number of ether oxygens (including phenoxy) is 2. The molecule has 3 rings (SSSR count). The normalized spacial score (nSPS) is 15.4. The highest BCUT2D eigenvalue weighted by Crippen LogP contribution is 2.35. The lowest BCUT2D eigenvalue weighted by Gasteiger charge is -2.34. The number of rotatable bonds is 6. The number of carbonyl (C=O) groups excluding carboxylic acids is 2. The molecule has 1 unspecified atom stereocenters. The molecule has 0 bridgehead atoms. The Bertz CT molecular complexity index is 1010. The summed E-state index contributed by atoms with van der Waals surface area (Å²) < 4.78 is 10.7. The molecule has 0 saturated heterocycles. The van der Waals surface area contributed by atoms with Crippen molar-refractivity contribution in [3.8, 4) is 11.5 Å². The first-order valence-electron chi connectivity index (χ1n) is 9.08. The molecule has 0 spiro atoms. The second kappa shape index (κ2) is 8.23. The summed E-state index contributed by atoms with van der Waals surface area (Å²) in [4.78, 5) is 41.6. The zero-order valence-corrected chi connectivity index (χ0v) is 16.6. The monoisotopic (exact) mass is 415 g/mol. The first-order valence-corrected chi connectivity index (χ1v) is 9.08. The third kappa shape index (κ3) is 4.09. The quantitative estimate of drug-likeness (QED) is 0.537. The second-order valence-corrected chi connectivity index (χ2v) is 6.95. The van der Waals surface area contributed by atoms with Gasteiger partial charge in [0.25, 0.3) is 11.6 Å². The summed E-state index contributed by atoms with van der Waals surface area (Å²) in [5, 5.41) is 13.8. The van der Waals surface area contributed by atoms with E-state index in [4.69, 9.17) is 15.2 Å². The van der Waals surface area contributed by atoms with Crippen molar-refractivity contribution in [1.29, 1.82) is 0 Å². The Morgan fingerprint density at radius 2 is 2.13 bits per heavy atom. The van der Waals surface area contributed by atoms with Crippen LogP contribution in [-0.2, 0) is 9.59 Å². The molecule has 158 valence electrons. The molecule has 1 aliphatic heterocycles. The highest BCUT2D eigenvalue weighted by atomic mass is 16.6. The van der Waals surface area contributed by atoms with Crippen molar-refractivity contribution < 1.29 is 24.0 Å². The fraction of sp³-hybridized carbons (Fsp3) is 0.316. The Balaban J connectivity index is 1.88. The molecule has 0 fully saturated rings. The van der Waals surface area contributed by atoms with Crippen LogP contribution in [0.3, 0.4) is 0 Å². The van der Waals surface area contributed by atoms with Gasteiger partial charge in [0, 0.05) is 0 Å². The summed E-state index contributed by atoms with van der Waals surface area (Å²) >= 11 is 0. The largest absolute Gasteiger partial charge is 0.496 e. The number of aromatic nitrogens is 1. The minimum absolute atomic E-state index is 0.0207. The summed E-state index contributed by atoms with van der Waals surface area (Å²) in [7, 11) is 1.38. The Hall–Kier alpha value is -3.89. The summed E-state index contributed by atoms with van der Waals surface area (Å²) in [6.45, 7) is 3.21. The number of nitrogens with one attached hydrogen (secondary N) is 1. The number of hydrogen-bond donors (Lipinski definition) is 2. The smallest absolute Gasteiger partial charge is 0.296 e. The van der Waals surface area contributed by atoms with Crippen LogP contribution in [0.5, 0.6) is 11.5 Å². The molecule has 0 radical (unpaired) electrons. The molecular weight excluding hydrogens is 394 g/mol. The molecule has 11 heteroatoms. The van der Waals surface area contributed by atoms with Gasteiger partial charge in [-0.15, -0.1) is 0 Å². The van der Waals surface area contributed by atoms with E-state index < -0.39 is 29.4 Å². The van der Waals surface area contributed by atoms with Crippen LogP contribution in [0, 0.1) is 16.0 Å². The number of carbonyl (C=O) groups is 2. The lowest BCUT2D eigenvalue weighted by atomic mass is 10.0. The molecule has 1 aromatic heterocycles. The Kier molecular flexibility index (Phi) is 5.72. The van der Waals surface area contributed by atoms with Gasteiger partial charge < -0.3 is 20.5 Å². The number of nitro benzene ring substituents is 1. The molecule has 2 heterocycles. The van der Waals surface area contributed by atoms with Gasteiger partial charge in [0.2, 0.25) is 5.91 Å². The van der Waals surface area contributed by atoms with Crippen LogP contribution in [0.2, 0.25) is 0 Å². The minimum Gasteiger partial charge on any atom is -0.496 e. The minimum atomic E-state index is -0.800. The summed E-state index contributed by atoms with van der Waals surface area (Å²) in [6.07, 6.45) is -0.800. The molecule has 0 aliphatic carbocycles. The van der Waals surface area contributed by atoms with E-state index in [2.05, 4.69) is 10.3 Å². The van der Waals surface area contributed by atoms with Gasteiger partial charge in [0.15, 0.2) is 17.7 Å². The number of nitro groups is 1. The van der Waals surface area contributed by atoms with Crippen molar-refractivity contribution >= 4 is 34.8 Å². The van der Waals surface area contributed by atoms with Crippen molar-refractivity contribution in [2.45, 2.75) is 20.0 Å². The third-order valence-corrected chi connectivity index (χ3v) is 4.46. The topological polar surface area (TPSA) is 150 Å². The van der Waals surface area contributed by atoms with Crippen LogP contribution in [0.1, 0.15) is 13.8 Å². The van der Waals surface area contributed by atoms with Gasteiger partial charge in [-0.2, -0.15) is 0 Å². The highest BCUT2D eigenvalue weighted by molar-refractivity contribution is 6.06. The lowest BCUT2D eigenvalue weighted by Crippen LogP contribution is -2.51. The number of pyridine rings is 1. The molecule has 2 aromatic rings. The van der Waals surface area contributed by atoms with Crippen molar-refractivity contribution in [2.75, 3.05) is 29.6 Å². The van der Waals surface area contributed by atoms with E-state index in [-0.39, 0.29) is 34.7 Å². The molecule has 2 amide bonds. The van der Waals surface area contributed by atoms with Gasteiger partial charge in [-0.25, -0.2) is 4.98 Å². The van der Waals surface area contributed by atoms with Gasteiger partial charge in [0.05, 0.1) is 18.1 Å². The van der Waals surface area contributed by atoms with Crippen molar-refractivity contribution in [3.63, 3.8) is 0 Å². The summed E-state index contributed by atoms with van der Waals surface area (Å²) in [5.41, 5.74) is 5.37. The molecular formula is C19H21N5O6. The van der Waals surface area contributed by atoms with Gasteiger partial charge in [0.1, 0.15) is 23.8 Å². The Morgan fingerprint density at radius 1 is 1.40 bits per heavy atom. The number of fused-ring (bicyclic) bond motifs is 1. The maximum Gasteiger partial charge on any atom is 0.296 e. The number of amides is 2. The molecule has 3 N–H and O–H groups in total. The van der Waals surface area contributed by atoms with E-state index in [0.29, 0.717) is 5.75 Å². The van der Waals surface area contributed by atoms with E-state index in [0.717, 1.165) is 0 Å². The average molecular weight is 415 g/mol. The van der Waals surface area contributed by atoms with Crippen molar-refractivity contribution in [3.05, 3.63) is 40.4 Å². The molecule has 11 nitrogen and oxygen atoms in total. The van der Waals surface area contributed by atoms with Crippen molar-refractivity contribution in [1.82, 2.24) is 4.98 Å². The summed E-state index contributed by atoms with van der Waals surface area (Å²) in [5.74, 6) is -0.370. The predicted molar refractivity (Wildman–Crippen MR) is 109 cm³/mol. The van der Waals surface area contributed by atoms with Crippen LogP contribution in [0.4, 0.5) is 23.0 Å².